The van der Waals surface area contributed by atoms with Crippen molar-refractivity contribution in [2.75, 3.05) is 27.9 Å². The third-order valence-corrected chi connectivity index (χ3v) is 5.76. The predicted molar refractivity (Wildman–Crippen MR) is 141 cm³/mol. The maximum atomic E-state index is 12.1. The summed E-state index contributed by atoms with van der Waals surface area (Å²) >= 11 is 0. The summed E-state index contributed by atoms with van der Waals surface area (Å²) in [7, 11) is -7.88. The Morgan fingerprint density at radius 2 is 1.20 bits per heavy atom. The molecule has 0 fully saturated rings. The topological polar surface area (TPSA) is 360 Å². The Bertz CT molecular complexity index is 1080. The Morgan fingerprint density at radius 1 is 0.844 bits per heavy atom. The fourth-order valence-electron chi connectivity index (χ4n) is 2.69. The largest absolute Gasteiger partial charge is 2.00 e. The van der Waals surface area contributed by atoms with Crippen molar-refractivity contribution >= 4 is 32.2 Å². The van der Waals surface area contributed by atoms with E-state index in [9.17, 15) is 35.9 Å². The molecular weight excluding hydrogens is 859 g/mol. The van der Waals surface area contributed by atoms with Crippen LogP contribution in [0.15, 0.2) is 24.0 Å². The maximum absolute atomic E-state index is 12.1. The van der Waals surface area contributed by atoms with Crippen LogP contribution in [-0.4, -0.2) is 82.9 Å². The first kappa shape index (κ1) is 61.9. The molecule has 1 aliphatic carbocycles. The maximum Gasteiger partial charge on any atom is 2.00 e. The van der Waals surface area contributed by atoms with E-state index in [4.69, 9.17) is 40.2 Å². The minimum atomic E-state index is -6.09. The van der Waals surface area contributed by atoms with Crippen LogP contribution in [0, 0.1) is 17.3 Å². The molecule has 26 heteroatoms. The zero-order valence-electron chi connectivity index (χ0n) is 25.0. The first-order chi connectivity index (χ1) is 17.3. The number of carbonyl (C=O) groups is 2. The second-order valence-electron chi connectivity index (χ2n) is 7.87. The summed E-state index contributed by atoms with van der Waals surface area (Å²) in [4.78, 5) is 23.6. The minimum Gasteiger partial charge on any atom is -0.741 e. The monoisotopic (exact) mass is 901 g/mol. The number of alkyl halides is 6. The molecule has 0 saturated carbocycles. The Labute approximate surface area is 270 Å². The van der Waals surface area contributed by atoms with Gasteiger partial charge in [-0.1, -0.05) is 6.08 Å². The summed E-state index contributed by atoms with van der Waals surface area (Å²) in [5.74, 6) is -0.413. The van der Waals surface area contributed by atoms with E-state index in [1.54, 1.807) is 20.1 Å². The summed E-state index contributed by atoms with van der Waals surface area (Å²) in [6.07, 6.45) is 4.84. The van der Waals surface area contributed by atoms with E-state index in [0.29, 0.717) is 12.4 Å². The van der Waals surface area contributed by atoms with E-state index >= 15 is 0 Å². The number of ether oxygens (including phenoxy) is 4. The molecule has 0 aliphatic heterocycles. The van der Waals surface area contributed by atoms with Gasteiger partial charge < -0.3 is 58.8 Å². The van der Waals surface area contributed by atoms with E-state index in [1.807, 2.05) is 26.0 Å². The molecule has 1 aliphatic rings. The van der Waals surface area contributed by atoms with Crippen LogP contribution in [0.5, 0.6) is 0 Å². The molecule has 0 unspecified atom stereocenters. The number of hydrogen-bond donors (Lipinski definition) is 5. The molecule has 0 amide bonds. The molecule has 0 spiro atoms. The van der Waals surface area contributed by atoms with Crippen LogP contribution in [0.2, 0.25) is 0 Å². The smallest absolute Gasteiger partial charge is 0.741 e. The zero-order chi connectivity index (χ0) is 31.6. The molecule has 0 aromatic rings. The van der Waals surface area contributed by atoms with Gasteiger partial charge in [0.05, 0.1) is 26.2 Å². The molecule has 45 heavy (non-hydrogen) atoms. The molecule has 15 N–H and O–H groups in total. The molecule has 0 radical (unpaired) electrons. The normalized spacial score (nSPS) is 16.3. The van der Waals surface area contributed by atoms with Gasteiger partial charge in [0, 0.05) is 18.9 Å². The van der Waals surface area contributed by atoms with Crippen molar-refractivity contribution in [2.45, 2.75) is 37.9 Å². The van der Waals surface area contributed by atoms with Crippen LogP contribution >= 0.6 is 0 Å². The van der Waals surface area contributed by atoms with Crippen LogP contribution in [0.25, 0.3) is 0 Å². The molecule has 0 aromatic heterocycles. The Balaban J connectivity index is -0.0000000878. The molecular formula is C19H41F6N5O12OsS2. The van der Waals surface area contributed by atoms with E-state index in [-0.39, 0.29) is 68.3 Å². The van der Waals surface area contributed by atoms with Crippen LogP contribution < -0.4 is 30.8 Å². The molecule has 0 saturated heterocycles. The Kier molecular flexibility index (Phi) is 33.3. The van der Waals surface area contributed by atoms with Gasteiger partial charge in [-0.2, -0.15) is 26.3 Å². The van der Waals surface area contributed by atoms with Crippen LogP contribution in [0.4, 0.5) is 26.3 Å². The summed E-state index contributed by atoms with van der Waals surface area (Å²) in [6.45, 7) is 5.73. The third-order valence-electron chi connectivity index (χ3n) is 4.63. The molecule has 0 bridgehead atoms. The molecule has 0 heterocycles. The van der Waals surface area contributed by atoms with Crippen molar-refractivity contribution in [3.63, 3.8) is 0 Å². The van der Waals surface area contributed by atoms with Crippen molar-refractivity contribution < 1.29 is 101 Å². The molecule has 17 nitrogen and oxygen atoms in total. The summed E-state index contributed by atoms with van der Waals surface area (Å²) in [6, 6.07) is 0. The summed E-state index contributed by atoms with van der Waals surface area (Å²) < 4.78 is 138. The van der Waals surface area contributed by atoms with Gasteiger partial charge in [0.15, 0.2) is 26.3 Å². The first-order valence-corrected chi connectivity index (χ1v) is 12.9. The average Bonchev–Trinajstić information content (AvgIpc) is 2.77. The van der Waals surface area contributed by atoms with Crippen molar-refractivity contribution in [1.29, 1.82) is 0 Å². The van der Waals surface area contributed by atoms with Crippen LogP contribution in [-0.2, 0) is 68.6 Å². The molecule has 276 valence electrons. The fraction of sp³-hybridized carbons (Fsp3) is 0.684. The van der Waals surface area contributed by atoms with Crippen molar-refractivity contribution in [3.8, 4) is 0 Å². The SMILES string of the molecule is COC[C@H]1C=CC(O[C@H](C)C(=O)OC)=C[C@H]1C(C)(C)C(=O)OC.N.N.N.N.N.O=S(=O)([O-])C(F)(F)F.O=S(=O)([O-])C(F)(F)F.[Os+2]. The minimum absolute atomic E-state index is 0. The third kappa shape index (κ3) is 21.4. The standard InChI is InChI=1S/C17H26O6.2CHF3O3S.5H3N.Os/c1-11(15(18)21-5)23-13-8-7-12(10-20-4)14(9-13)17(2,3)16(19)22-6;2*2-1(3,4)8(5,6)7;;;;;;/h7-9,11-12,14H,10H2,1-6H3;2*(H,5,6,7);5*1H3;/q;;;;;;;;+2/p-2/t11-,12-,14-;;;;;;;;/m1......../s1. The number of hydrogen-bond acceptors (Lipinski definition) is 17. The van der Waals surface area contributed by atoms with E-state index < -0.39 is 48.7 Å². The van der Waals surface area contributed by atoms with Gasteiger partial charge in [0.25, 0.3) is 0 Å². The molecule has 3 atom stereocenters. The Hall–Kier alpha value is -1.98. The van der Waals surface area contributed by atoms with E-state index in [1.165, 1.54) is 14.2 Å². The van der Waals surface area contributed by atoms with Crippen LogP contribution in [0.1, 0.15) is 20.8 Å². The van der Waals surface area contributed by atoms with Crippen molar-refractivity contribution in [3.05, 3.63) is 24.0 Å². The van der Waals surface area contributed by atoms with Gasteiger partial charge in [-0.15, -0.1) is 0 Å². The number of esters is 2. The Morgan fingerprint density at radius 3 is 1.47 bits per heavy atom. The second-order valence-corrected chi connectivity index (χ2v) is 10.6. The van der Waals surface area contributed by atoms with Gasteiger partial charge in [-0.05, 0) is 32.9 Å². The summed E-state index contributed by atoms with van der Waals surface area (Å²) in [5.41, 5.74) is -12.0. The van der Waals surface area contributed by atoms with Crippen LogP contribution in [0.3, 0.4) is 0 Å². The number of carbonyl (C=O) groups excluding carboxylic acids is 2. The number of halogens is 6. The van der Waals surface area contributed by atoms with E-state index in [0.717, 1.165) is 0 Å². The fourth-order valence-corrected chi connectivity index (χ4v) is 2.69. The second kappa shape index (κ2) is 24.2. The van der Waals surface area contributed by atoms with Gasteiger partial charge in [0.2, 0.25) is 0 Å². The van der Waals surface area contributed by atoms with Gasteiger partial charge in [0.1, 0.15) is 5.76 Å². The number of rotatable bonds is 7. The van der Waals surface area contributed by atoms with Gasteiger partial charge >= 0.3 is 42.7 Å². The number of allylic oxidation sites excluding steroid dienone is 2. The zero-order valence-corrected chi connectivity index (χ0v) is 29.2. The first-order valence-electron chi connectivity index (χ1n) is 10.0. The predicted octanol–water partition coefficient (Wildman–Crippen LogP) is 3.01. The van der Waals surface area contributed by atoms with Crippen molar-refractivity contribution in [2.24, 2.45) is 17.3 Å². The van der Waals surface area contributed by atoms with Crippen molar-refractivity contribution in [1.82, 2.24) is 30.8 Å². The average molecular weight is 900 g/mol. The molecule has 1 rings (SSSR count). The quantitative estimate of drug-likeness (QED) is 0.106. The van der Waals surface area contributed by atoms with Gasteiger partial charge in [-0.25, -0.2) is 21.6 Å². The summed E-state index contributed by atoms with van der Waals surface area (Å²) in [5, 5.41) is 0. The number of methoxy groups -OCH3 is 3. The molecule has 0 aromatic carbocycles. The van der Waals surface area contributed by atoms with E-state index in [2.05, 4.69) is 4.74 Å². The van der Waals surface area contributed by atoms with Gasteiger partial charge in [-0.3, -0.25) is 4.79 Å².